The molecule has 10 heteroatoms. The summed E-state index contributed by atoms with van der Waals surface area (Å²) >= 11 is 0. The third kappa shape index (κ3) is 1.81. The van der Waals surface area contributed by atoms with Gasteiger partial charge in [0.05, 0.1) is 25.2 Å². The van der Waals surface area contributed by atoms with E-state index in [0.29, 0.717) is 5.82 Å². The maximum absolute atomic E-state index is 11.6. The van der Waals surface area contributed by atoms with Gasteiger partial charge >= 0.3 is 6.09 Å². The van der Waals surface area contributed by atoms with Crippen molar-refractivity contribution in [3.63, 3.8) is 0 Å². The molecule has 0 spiro atoms. The Balaban J connectivity index is 1.60. The van der Waals surface area contributed by atoms with Crippen molar-refractivity contribution in [2.75, 3.05) is 17.1 Å². The number of hydrogen-bond donors (Lipinski definition) is 0. The number of ether oxygens (including phenoxy) is 1. The first kappa shape index (κ1) is 13.7. The summed E-state index contributed by atoms with van der Waals surface area (Å²) in [7, 11) is 1.29. The van der Waals surface area contributed by atoms with Crippen molar-refractivity contribution in [1.82, 2.24) is 24.5 Å². The molecule has 0 fully saturated rings. The lowest BCUT2D eigenvalue weighted by atomic mass is 10.1. The van der Waals surface area contributed by atoms with E-state index >= 15 is 0 Å². The summed E-state index contributed by atoms with van der Waals surface area (Å²) in [6.45, 7) is 0. The second kappa shape index (κ2) is 4.90. The molecule has 4 heterocycles. The highest BCUT2D eigenvalue weighted by Gasteiger charge is 2.39. The Morgan fingerprint density at radius 3 is 3.04 bits per heavy atom. The third-order valence-electron chi connectivity index (χ3n) is 4.19. The molecular weight excluding hydrogens is 324 g/mol. The number of carbonyl (C=O) groups is 1. The Morgan fingerprint density at radius 2 is 2.16 bits per heavy atom. The van der Waals surface area contributed by atoms with Gasteiger partial charge in [-0.2, -0.15) is 0 Å². The number of fused-ring (bicyclic) bond motifs is 6. The second-order valence-corrected chi connectivity index (χ2v) is 5.50. The van der Waals surface area contributed by atoms with E-state index in [2.05, 4.69) is 25.0 Å². The van der Waals surface area contributed by atoms with Crippen LogP contribution in [-0.4, -0.2) is 44.1 Å². The lowest BCUT2D eigenvalue weighted by Crippen LogP contribution is -2.42. The lowest BCUT2D eigenvalue weighted by Gasteiger charge is -2.36. The number of anilines is 2. The zero-order valence-corrected chi connectivity index (χ0v) is 13.1. The van der Waals surface area contributed by atoms with Crippen LogP contribution in [0.3, 0.4) is 0 Å². The zero-order valence-electron chi connectivity index (χ0n) is 13.1. The average Bonchev–Trinajstić information content (AvgIpc) is 3.38. The van der Waals surface area contributed by atoms with Gasteiger partial charge in [0.1, 0.15) is 12.7 Å². The van der Waals surface area contributed by atoms with E-state index in [9.17, 15) is 4.79 Å². The van der Waals surface area contributed by atoms with Crippen molar-refractivity contribution >= 4 is 24.1 Å². The van der Waals surface area contributed by atoms with E-state index in [4.69, 9.17) is 0 Å². The van der Waals surface area contributed by atoms with Gasteiger partial charge in [0, 0.05) is 5.56 Å². The van der Waals surface area contributed by atoms with Crippen LogP contribution in [0.5, 0.6) is 0 Å². The van der Waals surface area contributed by atoms with E-state index < -0.39 is 6.09 Å². The van der Waals surface area contributed by atoms with Gasteiger partial charge in [0.15, 0.2) is 17.8 Å². The Hall–Kier alpha value is -3.69. The fraction of sp³-hybridized carbons (Fsp3) is 0.133. The van der Waals surface area contributed by atoms with Crippen LogP contribution in [0.25, 0.3) is 5.69 Å². The molecule has 0 N–H and O–H groups in total. The van der Waals surface area contributed by atoms with Gasteiger partial charge in [-0.1, -0.05) is 23.4 Å². The molecular formula is C15H12N8O2. The number of aliphatic imine (C=N–C) groups is 1. The molecule has 2 aliphatic heterocycles. The van der Waals surface area contributed by atoms with Crippen LogP contribution in [0.2, 0.25) is 0 Å². The number of hydrogen-bond acceptors (Lipinski definition) is 8. The first-order valence-electron chi connectivity index (χ1n) is 7.52. The molecule has 0 bridgehead atoms. The quantitative estimate of drug-likeness (QED) is 0.662. The van der Waals surface area contributed by atoms with E-state index in [1.807, 2.05) is 33.8 Å². The number of carbonyl (C=O) groups excluding carboxylic acids is 1. The van der Waals surface area contributed by atoms with Crippen LogP contribution in [0, 0.1) is 0 Å². The number of hydrazine groups is 1. The van der Waals surface area contributed by atoms with Gasteiger partial charge in [-0.25, -0.2) is 24.8 Å². The number of benzene rings is 1. The first-order chi connectivity index (χ1) is 12.3. The number of nitrogens with zero attached hydrogens (tertiary/aromatic N) is 8. The molecule has 1 aromatic carbocycles. The van der Waals surface area contributed by atoms with Crippen LogP contribution in [0.1, 0.15) is 11.7 Å². The van der Waals surface area contributed by atoms with Gasteiger partial charge in [0.25, 0.3) is 0 Å². The molecule has 1 unspecified atom stereocenters. The minimum absolute atomic E-state index is 0.233. The molecule has 124 valence electrons. The summed E-state index contributed by atoms with van der Waals surface area (Å²) in [5, 5.41) is 11.5. The fourth-order valence-corrected chi connectivity index (χ4v) is 3.09. The van der Waals surface area contributed by atoms with E-state index in [1.165, 1.54) is 13.3 Å². The first-order valence-corrected chi connectivity index (χ1v) is 7.52. The number of rotatable bonds is 1. The molecule has 10 nitrogen and oxygen atoms in total. The largest absolute Gasteiger partial charge is 0.451 e. The zero-order chi connectivity index (χ0) is 17.0. The van der Waals surface area contributed by atoms with Crippen molar-refractivity contribution in [1.29, 1.82) is 0 Å². The predicted molar refractivity (Wildman–Crippen MR) is 87.6 cm³/mol. The monoisotopic (exact) mass is 336 g/mol. The molecule has 0 radical (unpaired) electrons. The van der Waals surface area contributed by atoms with Crippen molar-refractivity contribution < 1.29 is 9.53 Å². The molecule has 0 amide bonds. The smallest absolute Gasteiger partial charge is 0.435 e. The van der Waals surface area contributed by atoms with Crippen molar-refractivity contribution in [2.24, 2.45) is 4.99 Å². The van der Waals surface area contributed by atoms with Crippen LogP contribution < -0.4 is 10.0 Å². The minimum atomic E-state index is -0.611. The highest BCUT2D eigenvalue weighted by atomic mass is 16.5. The van der Waals surface area contributed by atoms with Crippen LogP contribution in [0.15, 0.2) is 48.0 Å². The standard InChI is InChI=1S/C15H12N8O2/c1-25-15(24)21-7-12(18-19-21)22-9-17-14-10-4-2-3-5-11(10)20-8-16-6-13(20)23(14)22/h2-9,14H,1H3. The summed E-state index contributed by atoms with van der Waals surface area (Å²) in [4.78, 5) is 20.5. The number of imidazole rings is 1. The van der Waals surface area contributed by atoms with Crippen molar-refractivity contribution in [3.8, 4) is 5.69 Å². The Kier molecular flexibility index (Phi) is 2.69. The normalized spacial score (nSPS) is 17.2. The maximum Gasteiger partial charge on any atom is 0.435 e. The fourth-order valence-electron chi connectivity index (χ4n) is 3.09. The molecule has 2 aliphatic rings. The molecule has 0 saturated carbocycles. The highest BCUT2D eigenvalue weighted by molar-refractivity contribution is 5.86. The minimum Gasteiger partial charge on any atom is -0.451 e. The lowest BCUT2D eigenvalue weighted by molar-refractivity contribution is 0.168. The van der Waals surface area contributed by atoms with Gasteiger partial charge in [-0.15, -0.1) is 9.78 Å². The van der Waals surface area contributed by atoms with Crippen LogP contribution in [-0.2, 0) is 4.74 Å². The SMILES string of the molecule is COC(=O)n1cc(N2C=NC3c4ccccc4-n4cncc4N32)nn1. The van der Waals surface area contributed by atoms with Crippen LogP contribution in [0.4, 0.5) is 16.4 Å². The summed E-state index contributed by atoms with van der Waals surface area (Å²) in [5.41, 5.74) is 2.08. The van der Waals surface area contributed by atoms with E-state index in [0.717, 1.165) is 21.8 Å². The van der Waals surface area contributed by atoms with E-state index in [1.54, 1.807) is 23.9 Å². The Morgan fingerprint density at radius 1 is 1.28 bits per heavy atom. The number of aromatic nitrogens is 5. The molecule has 0 saturated heterocycles. The highest BCUT2D eigenvalue weighted by Crippen LogP contribution is 2.42. The molecule has 3 aromatic rings. The summed E-state index contributed by atoms with van der Waals surface area (Å²) < 4.78 is 7.67. The predicted octanol–water partition coefficient (Wildman–Crippen LogP) is 1.36. The maximum atomic E-state index is 11.6. The molecule has 25 heavy (non-hydrogen) atoms. The van der Waals surface area contributed by atoms with E-state index in [-0.39, 0.29) is 6.17 Å². The summed E-state index contributed by atoms with van der Waals surface area (Å²) in [5.74, 6) is 1.29. The third-order valence-corrected chi connectivity index (χ3v) is 4.19. The van der Waals surface area contributed by atoms with Gasteiger partial charge < -0.3 is 4.74 Å². The topological polar surface area (TPSA) is 93.7 Å². The number of para-hydroxylation sites is 1. The van der Waals surface area contributed by atoms with Crippen molar-refractivity contribution in [3.05, 3.63) is 48.5 Å². The average molecular weight is 336 g/mol. The Labute approximate surface area is 141 Å². The van der Waals surface area contributed by atoms with Crippen LogP contribution >= 0.6 is 0 Å². The summed E-state index contributed by atoms with van der Waals surface area (Å²) in [6.07, 6.45) is 5.82. The van der Waals surface area contributed by atoms with Gasteiger partial charge in [0.2, 0.25) is 0 Å². The van der Waals surface area contributed by atoms with Gasteiger partial charge in [-0.05, 0) is 6.07 Å². The number of methoxy groups -OCH3 is 1. The molecule has 0 aliphatic carbocycles. The molecule has 1 atom stereocenters. The second-order valence-electron chi connectivity index (χ2n) is 5.50. The Bertz CT molecular complexity index is 1010. The molecule has 2 aromatic heterocycles. The summed E-state index contributed by atoms with van der Waals surface area (Å²) in [6, 6.07) is 8.02. The van der Waals surface area contributed by atoms with Gasteiger partial charge in [-0.3, -0.25) is 4.57 Å². The molecule has 5 rings (SSSR count). The van der Waals surface area contributed by atoms with Crippen molar-refractivity contribution in [2.45, 2.75) is 6.17 Å².